The summed E-state index contributed by atoms with van der Waals surface area (Å²) in [5, 5.41) is 6.99. The van der Waals surface area contributed by atoms with E-state index in [1.807, 2.05) is 13.8 Å². The number of hydrogen-bond acceptors (Lipinski definition) is 4. The third-order valence-electron chi connectivity index (χ3n) is 5.52. The second kappa shape index (κ2) is 6.57. The molecule has 0 aromatic heterocycles. The number of hydrogen-bond donors (Lipinski definition) is 1. The molecule has 2 fully saturated rings. The number of nitrogens with one attached hydrogen (secondary N) is 1. The lowest BCUT2D eigenvalue weighted by atomic mass is 9.94. The molecule has 2 heterocycles. The van der Waals surface area contributed by atoms with Crippen LogP contribution in [0, 0.1) is 5.92 Å². The quantitative estimate of drug-likeness (QED) is 0.867. The number of carbonyl (C=O) groups excluding carboxylic acids is 1. The molecule has 1 aliphatic carbocycles. The van der Waals surface area contributed by atoms with Gasteiger partial charge in [0.25, 0.3) is 5.91 Å². The Morgan fingerprint density at radius 3 is 2.59 bits per heavy atom. The van der Waals surface area contributed by atoms with Crippen LogP contribution in [0.3, 0.4) is 0 Å². The molecule has 1 saturated carbocycles. The van der Waals surface area contributed by atoms with E-state index in [1.165, 1.54) is 51.6 Å². The van der Waals surface area contributed by atoms with Crippen molar-refractivity contribution in [3.63, 3.8) is 0 Å². The molecule has 1 atom stereocenters. The first-order chi connectivity index (χ1) is 10.6. The summed E-state index contributed by atoms with van der Waals surface area (Å²) >= 11 is 0. The Labute approximate surface area is 133 Å². The second-order valence-electron chi connectivity index (χ2n) is 7.45. The Kier molecular flexibility index (Phi) is 4.71. The topological polar surface area (TPSA) is 53.9 Å². The van der Waals surface area contributed by atoms with Gasteiger partial charge in [-0.05, 0) is 58.5 Å². The van der Waals surface area contributed by atoms with E-state index in [1.54, 1.807) is 0 Å². The standard InChI is InChI=1S/C17H29N3O2/c1-13-11-17(2,22-19-13)16(21)18-12-14-7-9-20(10-8-14)15-5-3-4-6-15/h14-15H,3-12H2,1-2H3,(H,18,21)/t17-/m1/s1. The molecule has 0 aromatic carbocycles. The summed E-state index contributed by atoms with van der Waals surface area (Å²) in [7, 11) is 0. The van der Waals surface area contributed by atoms with Crippen LogP contribution in [0.5, 0.6) is 0 Å². The molecule has 0 spiro atoms. The zero-order chi connectivity index (χ0) is 15.6. The van der Waals surface area contributed by atoms with Crippen molar-refractivity contribution in [3.8, 4) is 0 Å². The predicted octanol–water partition coefficient (Wildman–Crippen LogP) is 2.31. The fourth-order valence-corrected chi connectivity index (χ4v) is 4.07. The summed E-state index contributed by atoms with van der Waals surface area (Å²) in [6.45, 7) is 6.89. The minimum atomic E-state index is -0.797. The van der Waals surface area contributed by atoms with Gasteiger partial charge in [-0.1, -0.05) is 18.0 Å². The van der Waals surface area contributed by atoms with Crippen molar-refractivity contribution >= 4 is 11.6 Å². The molecule has 1 N–H and O–H groups in total. The van der Waals surface area contributed by atoms with Gasteiger partial charge in [-0.25, -0.2) is 0 Å². The SMILES string of the molecule is CC1=NO[C@@](C)(C(=O)NCC2CCN(C3CCCC3)CC2)C1. The van der Waals surface area contributed by atoms with Gasteiger partial charge in [-0.2, -0.15) is 0 Å². The van der Waals surface area contributed by atoms with Gasteiger partial charge >= 0.3 is 0 Å². The highest BCUT2D eigenvalue weighted by Crippen LogP contribution is 2.28. The number of carbonyl (C=O) groups is 1. The maximum Gasteiger partial charge on any atom is 0.267 e. The number of likely N-dealkylation sites (tertiary alicyclic amines) is 1. The first-order valence-corrected chi connectivity index (χ1v) is 8.81. The molecule has 124 valence electrons. The first-order valence-electron chi connectivity index (χ1n) is 8.81. The first kappa shape index (κ1) is 15.8. The van der Waals surface area contributed by atoms with Gasteiger partial charge in [0.15, 0.2) is 0 Å². The van der Waals surface area contributed by atoms with Gasteiger partial charge in [-0.15, -0.1) is 0 Å². The molecule has 5 heteroatoms. The van der Waals surface area contributed by atoms with E-state index in [0.717, 1.165) is 18.3 Å². The lowest BCUT2D eigenvalue weighted by molar-refractivity contribution is -0.142. The Morgan fingerprint density at radius 1 is 1.32 bits per heavy atom. The summed E-state index contributed by atoms with van der Waals surface area (Å²) in [5.41, 5.74) is 0.0942. The van der Waals surface area contributed by atoms with E-state index in [0.29, 0.717) is 12.3 Å². The number of nitrogens with zero attached hydrogens (tertiary/aromatic N) is 2. The van der Waals surface area contributed by atoms with Crippen LogP contribution in [0.2, 0.25) is 0 Å². The summed E-state index contributed by atoms with van der Waals surface area (Å²) in [4.78, 5) is 20.3. The van der Waals surface area contributed by atoms with Crippen molar-refractivity contribution in [3.05, 3.63) is 0 Å². The maximum atomic E-state index is 12.3. The highest BCUT2D eigenvalue weighted by Gasteiger charge is 2.40. The summed E-state index contributed by atoms with van der Waals surface area (Å²) in [6, 6.07) is 0.835. The highest BCUT2D eigenvalue weighted by atomic mass is 16.7. The van der Waals surface area contributed by atoms with Crippen molar-refractivity contribution < 1.29 is 9.63 Å². The van der Waals surface area contributed by atoms with E-state index in [-0.39, 0.29) is 5.91 Å². The van der Waals surface area contributed by atoms with Crippen molar-refractivity contribution in [1.82, 2.24) is 10.2 Å². The van der Waals surface area contributed by atoms with E-state index in [9.17, 15) is 4.79 Å². The summed E-state index contributed by atoms with van der Waals surface area (Å²) in [6.07, 6.45) is 8.57. The molecule has 0 bridgehead atoms. The molecule has 5 nitrogen and oxygen atoms in total. The smallest absolute Gasteiger partial charge is 0.267 e. The predicted molar refractivity (Wildman–Crippen MR) is 86.8 cm³/mol. The van der Waals surface area contributed by atoms with Crippen molar-refractivity contribution in [2.45, 2.75) is 70.4 Å². The Balaban J connectivity index is 1.39. The Bertz CT molecular complexity index is 437. The van der Waals surface area contributed by atoms with Crippen molar-refractivity contribution in [2.75, 3.05) is 19.6 Å². The molecule has 0 aromatic rings. The average molecular weight is 307 g/mol. The largest absolute Gasteiger partial charge is 0.379 e. The molecule has 1 amide bonds. The summed E-state index contributed by atoms with van der Waals surface area (Å²) < 4.78 is 0. The molecule has 22 heavy (non-hydrogen) atoms. The number of amides is 1. The van der Waals surface area contributed by atoms with E-state index >= 15 is 0 Å². The van der Waals surface area contributed by atoms with Gasteiger partial charge < -0.3 is 15.1 Å². The van der Waals surface area contributed by atoms with Crippen LogP contribution >= 0.6 is 0 Å². The van der Waals surface area contributed by atoms with Crippen LogP contribution in [0.25, 0.3) is 0 Å². The summed E-state index contributed by atoms with van der Waals surface area (Å²) in [5.74, 6) is 0.583. The lowest BCUT2D eigenvalue weighted by Crippen LogP contribution is -2.48. The molecule has 3 aliphatic rings. The van der Waals surface area contributed by atoms with Crippen molar-refractivity contribution in [2.24, 2.45) is 11.1 Å². The molecule has 2 aliphatic heterocycles. The average Bonchev–Trinajstić information content (AvgIpc) is 3.16. The van der Waals surface area contributed by atoms with Crippen LogP contribution in [-0.2, 0) is 9.63 Å². The van der Waals surface area contributed by atoms with Crippen LogP contribution in [-0.4, -0.2) is 47.8 Å². The van der Waals surface area contributed by atoms with E-state index in [2.05, 4.69) is 15.4 Å². The zero-order valence-electron chi connectivity index (χ0n) is 13.9. The molecular formula is C17H29N3O2. The second-order valence-corrected chi connectivity index (χ2v) is 7.45. The molecular weight excluding hydrogens is 278 g/mol. The monoisotopic (exact) mass is 307 g/mol. The van der Waals surface area contributed by atoms with Gasteiger partial charge in [0, 0.05) is 19.0 Å². The molecule has 1 saturated heterocycles. The van der Waals surface area contributed by atoms with Crippen LogP contribution in [0.4, 0.5) is 0 Å². The minimum absolute atomic E-state index is 0.0219. The number of rotatable bonds is 4. The van der Waals surface area contributed by atoms with Crippen LogP contribution < -0.4 is 5.32 Å². The zero-order valence-corrected chi connectivity index (χ0v) is 13.9. The fourth-order valence-electron chi connectivity index (χ4n) is 4.07. The van der Waals surface area contributed by atoms with Crippen molar-refractivity contribution in [1.29, 1.82) is 0 Å². The van der Waals surface area contributed by atoms with Crippen LogP contribution in [0.1, 0.15) is 58.8 Å². The highest BCUT2D eigenvalue weighted by molar-refractivity contribution is 5.94. The fraction of sp³-hybridized carbons (Fsp3) is 0.882. The van der Waals surface area contributed by atoms with E-state index in [4.69, 9.17) is 4.84 Å². The van der Waals surface area contributed by atoms with E-state index < -0.39 is 5.60 Å². The molecule has 3 rings (SSSR count). The normalized spacial score (nSPS) is 31.1. The number of oxime groups is 1. The number of piperidine rings is 1. The third-order valence-corrected chi connectivity index (χ3v) is 5.52. The van der Waals surface area contributed by atoms with Gasteiger partial charge in [-0.3, -0.25) is 4.79 Å². The Morgan fingerprint density at radius 2 is 2.00 bits per heavy atom. The maximum absolute atomic E-state index is 12.3. The van der Waals surface area contributed by atoms with Crippen LogP contribution in [0.15, 0.2) is 5.16 Å². The van der Waals surface area contributed by atoms with Gasteiger partial charge in [0.1, 0.15) is 0 Å². The Hall–Kier alpha value is -1.10. The lowest BCUT2D eigenvalue weighted by Gasteiger charge is -2.36. The molecule has 0 radical (unpaired) electrons. The third kappa shape index (κ3) is 3.45. The van der Waals surface area contributed by atoms with Gasteiger partial charge in [0.05, 0.1) is 5.71 Å². The van der Waals surface area contributed by atoms with Gasteiger partial charge in [0.2, 0.25) is 5.60 Å². The minimum Gasteiger partial charge on any atom is -0.379 e. The molecule has 0 unspecified atom stereocenters.